The molecule has 0 atom stereocenters. The first kappa shape index (κ1) is 10.9. The van der Waals surface area contributed by atoms with Crippen LogP contribution in [-0.2, 0) is 19.4 Å². The molecule has 0 amide bonds. The molecule has 0 saturated heterocycles. The number of fused-ring (bicyclic) bond motifs is 1. The Morgan fingerprint density at radius 2 is 2.12 bits per heavy atom. The van der Waals surface area contributed by atoms with Crippen LogP contribution in [0.2, 0.25) is 0 Å². The van der Waals surface area contributed by atoms with E-state index < -0.39 is 0 Å². The van der Waals surface area contributed by atoms with E-state index >= 15 is 0 Å². The highest BCUT2D eigenvalue weighted by Gasteiger charge is 2.30. The van der Waals surface area contributed by atoms with Crippen molar-refractivity contribution in [3.63, 3.8) is 0 Å². The van der Waals surface area contributed by atoms with Crippen molar-refractivity contribution < 1.29 is 0 Å². The molecule has 1 aliphatic carbocycles. The highest BCUT2D eigenvalue weighted by molar-refractivity contribution is 5.20. The Morgan fingerprint density at radius 1 is 1.35 bits per heavy atom. The van der Waals surface area contributed by atoms with Crippen molar-refractivity contribution in [2.45, 2.75) is 38.3 Å². The number of nitrogens with two attached hydrogens (primary N) is 1. The Labute approximate surface area is 100 Å². The van der Waals surface area contributed by atoms with Gasteiger partial charge in [0.2, 0.25) is 0 Å². The summed E-state index contributed by atoms with van der Waals surface area (Å²) in [5.74, 6) is 0.605. The third-order valence-corrected chi connectivity index (χ3v) is 3.69. The minimum absolute atomic E-state index is 0.00750. The topological polar surface area (TPSA) is 75.0 Å². The lowest BCUT2D eigenvalue weighted by Gasteiger charge is -2.18. The van der Waals surface area contributed by atoms with Crippen LogP contribution in [0.3, 0.4) is 0 Å². The van der Waals surface area contributed by atoms with Gasteiger partial charge in [0.05, 0.1) is 12.2 Å². The Balaban J connectivity index is 1.89. The second-order valence-electron chi connectivity index (χ2n) is 4.91. The van der Waals surface area contributed by atoms with Gasteiger partial charge in [0.25, 0.3) is 5.56 Å². The van der Waals surface area contributed by atoms with E-state index in [0.717, 1.165) is 43.2 Å². The van der Waals surface area contributed by atoms with Crippen molar-refractivity contribution in [3.05, 3.63) is 27.4 Å². The predicted molar refractivity (Wildman–Crippen MR) is 64.8 cm³/mol. The third-order valence-electron chi connectivity index (χ3n) is 3.69. The summed E-state index contributed by atoms with van der Waals surface area (Å²) >= 11 is 0. The van der Waals surface area contributed by atoms with Crippen molar-refractivity contribution in [1.82, 2.24) is 14.9 Å². The second kappa shape index (κ2) is 4.23. The third kappa shape index (κ3) is 2.12. The maximum atomic E-state index is 11.9. The van der Waals surface area contributed by atoms with Crippen LogP contribution < -0.4 is 11.3 Å². The average Bonchev–Trinajstić information content (AvgIpc) is 3.14. The zero-order valence-electron chi connectivity index (χ0n) is 9.91. The first-order valence-corrected chi connectivity index (χ1v) is 6.33. The van der Waals surface area contributed by atoms with Crippen LogP contribution in [0.15, 0.2) is 4.79 Å². The first-order chi connectivity index (χ1) is 8.28. The second-order valence-corrected chi connectivity index (χ2v) is 4.91. The quantitative estimate of drug-likeness (QED) is 0.742. The van der Waals surface area contributed by atoms with Crippen LogP contribution in [0, 0.1) is 0 Å². The molecular formula is C12H18N4O. The minimum atomic E-state index is 0.00750. The summed E-state index contributed by atoms with van der Waals surface area (Å²) in [6, 6.07) is 0.761. The SMILES string of the molecule is NCc1nc2c(c(=O)[nH]1)CCN(C1CC1)CC2. The van der Waals surface area contributed by atoms with E-state index in [4.69, 9.17) is 5.73 Å². The van der Waals surface area contributed by atoms with E-state index in [1.165, 1.54) is 12.8 Å². The Hall–Kier alpha value is -1.20. The molecule has 1 aliphatic heterocycles. The van der Waals surface area contributed by atoms with E-state index in [1.54, 1.807) is 0 Å². The molecule has 2 aliphatic rings. The number of H-pyrrole nitrogens is 1. The summed E-state index contributed by atoms with van der Waals surface area (Å²) in [7, 11) is 0. The molecule has 1 aromatic rings. The molecular weight excluding hydrogens is 216 g/mol. The summed E-state index contributed by atoms with van der Waals surface area (Å²) in [6.45, 7) is 2.32. The van der Waals surface area contributed by atoms with Crippen LogP contribution in [0.4, 0.5) is 0 Å². The summed E-state index contributed by atoms with van der Waals surface area (Å²) in [5.41, 5.74) is 7.36. The molecule has 17 heavy (non-hydrogen) atoms. The fraction of sp³-hybridized carbons (Fsp3) is 0.667. The van der Waals surface area contributed by atoms with E-state index in [1.807, 2.05) is 0 Å². The summed E-state index contributed by atoms with van der Waals surface area (Å²) in [6.07, 6.45) is 4.32. The van der Waals surface area contributed by atoms with Crippen LogP contribution in [-0.4, -0.2) is 34.0 Å². The number of hydrogen-bond donors (Lipinski definition) is 2. The normalized spacial score (nSPS) is 21.0. The van der Waals surface area contributed by atoms with E-state index in [-0.39, 0.29) is 5.56 Å². The number of nitrogens with zero attached hydrogens (tertiary/aromatic N) is 2. The van der Waals surface area contributed by atoms with Crippen molar-refractivity contribution in [1.29, 1.82) is 0 Å². The van der Waals surface area contributed by atoms with Gasteiger partial charge in [-0.1, -0.05) is 0 Å². The van der Waals surface area contributed by atoms with Crippen LogP contribution in [0.25, 0.3) is 0 Å². The van der Waals surface area contributed by atoms with E-state index in [9.17, 15) is 4.79 Å². The molecule has 5 heteroatoms. The highest BCUT2D eigenvalue weighted by atomic mass is 16.1. The van der Waals surface area contributed by atoms with Crippen molar-refractivity contribution in [2.24, 2.45) is 5.73 Å². The van der Waals surface area contributed by atoms with Crippen molar-refractivity contribution in [2.75, 3.05) is 13.1 Å². The first-order valence-electron chi connectivity index (χ1n) is 6.33. The molecule has 0 spiro atoms. The van der Waals surface area contributed by atoms with Crippen LogP contribution in [0.5, 0.6) is 0 Å². The van der Waals surface area contributed by atoms with Gasteiger partial charge in [-0.3, -0.25) is 9.69 Å². The standard InChI is InChI=1S/C12H18N4O/c13-7-11-14-10-4-6-16(8-1-2-8)5-3-9(10)12(17)15-11/h8H,1-7,13H2,(H,14,15,17). The molecule has 0 radical (unpaired) electrons. The lowest BCUT2D eigenvalue weighted by Crippen LogP contribution is -2.28. The Morgan fingerprint density at radius 3 is 2.82 bits per heavy atom. The largest absolute Gasteiger partial charge is 0.324 e. The van der Waals surface area contributed by atoms with Gasteiger partial charge in [0.1, 0.15) is 5.82 Å². The summed E-state index contributed by atoms with van der Waals surface area (Å²) in [4.78, 5) is 21.6. The molecule has 2 heterocycles. The highest BCUT2D eigenvalue weighted by Crippen LogP contribution is 2.28. The van der Waals surface area contributed by atoms with E-state index in [2.05, 4.69) is 14.9 Å². The number of aromatic amines is 1. The molecule has 3 N–H and O–H groups in total. The molecule has 3 rings (SSSR count). The summed E-state index contributed by atoms with van der Waals surface area (Å²) < 4.78 is 0. The van der Waals surface area contributed by atoms with Gasteiger partial charge in [0.15, 0.2) is 0 Å². The Kier molecular flexibility index (Phi) is 2.72. The predicted octanol–water partition coefficient (Wildman–Crippen LogP) is -0.208. The Bertz CT molecular complexity index is 478. The maximum absolute atomic E-state index is 11.9. The number of hydrogen-bond acceptors (Lipinski definition) is 4. The van der Waals surface area contributed by atoms with Gasteiger partial charge in [-0.25, -0.2) is 4.98 Å². The van der Waals surface area contributed by atoms with Gasteiger partial charge in [-0.05, 0) is 19.3 Å². The van der Waals surface area contributed by atoms with Gasteiger partial charge in [0, 0.05) is 31.1 Å². The molecule has 0 aromatic carbocycles. The lowest BCUT2D eigenvalue weighted by molar-refractivity contribution is 0.276. The molecule has 1 aromatic heterocycles. The van der Waals surface area contributed by atoms with Crippen LogP contribution >= 0.6 is 0 Å². The zero-order chi connectivity index (χ0) is 11.8. The van der Waals surface area contributed by atoms with Crippen molar-refractivity contribution in [3.8, 4) is 0 Å². The van der Waals surface area contributed by atoms with Crippen molar-refractivity contribution >= 4 is 0 Å². The fourth-order valence-corrected chi connectivity index (χ4v) is 2.58. The monoisotopic (exact) mass is 234 g/mol. The molecule has 0 unspecified atom stereocenters. The molecule has 0 bridgehead atoms. The van der Waals surface area contributed by atoms with Gasteiger partial charge >= 0.3 is 0 Å². The summed E-state index contributed by atoms with van der Waals surface area (Å²) in [5, 5.41) is 0. The number of nitrogens with one attached hydrogen (secondary N) is 1. The van der Waals surface area contributed by atoms with Gasteiger partial charge < -0.3 is 10.7 Å². The maximum Gasteiger partial charge on any atom is 0.254 e. The lowest BCUT2D eigenvalue weighted by atomic mass is 10.1. The molecule has 5 nitrogen and oxygen atoms in total. The number of rotatable bonds is 2. The molecule has 1 fully saturated rings. The average molecular weight is 234 g/mol. The smallest absolute Gasteiger partial charge is 0.254 e. The zero-order valence-corrected chi connectivity index (χ0v) is 9.91. The fourth-order valence-electron chi connectivity index (χ4n) is 2.58. The number of aromatic nitrogens is 2. The van der Waals surface area contributed by atoms with Gasteiger partial charge in [-0.2, -0.15) is 0 Å². The minimum Gasteiger partial charge on any atom is -0.324 e. The van der Waals surface area contributed by atoms with E-state index in [0.29, 0.717) is 12.4 Å². The molecule has 1 saturated carbocycles. The van der Waals surface area contributed by atoms with Gasteiger partial charge in [-0.15, -0.1) is 0 Å². The van der Waals surface area contributed by atoms with Crippen LogP contribution in [0.1, 0.15) is 29.9 Å². The molecule has 92 valence electrons.